The molecule has 0 unspecified atom stereocenters. The van der Waals surface area contributed by atoms with Crippen molar-refractivity contribution in [2.24, 2.45) is 0 Å². The first-order valence-electron chi connectivity index (χ1n) is 7.31. The molecule has 5 nitrogen and oxygen atoms in total. The van der Waals surface area contributed by atoms with Crippen molar-refractivity contribution < 1.29 is 13.2 Å². The van der Waals surface area contributed by atoms with Crippen molar-refractivity contribution in [1.29, 1.82) is 0 Å². The third kappa shape index (κ3) is 4.41. The molecule has 2 heterocycles. The standard InChI is InChI=1S/C15H16Cl2N2O3S2/c16-13-9-14(23-15(13)17)24(20,21)18-12-3-1-11(2-4-12)10-19-5-7-22-8-6-19/h1-4,9,18H,5-8,10H2. The Bertz CT molecular complexity index is 781. The molecule has 1 saturated heterocycles. The summed E-state index contributed by atoms with van der Waals surface area (Å²) in [5, 5.41) is 0.239. The van der Waals surface area contributed by atoms with Crippen molar-refractivity contribution in [3.63, 3.8) is 0 Å². The topological polar surface area (TPSA) is 58.6 Å². The second-order valence-electron chi connectivity index (χ2n) is 5.38. The Kier molecular flexibility index (Phi) is 5.69. The van der Waals surface area contributed by atoms with Gasteiger partial charge in [-0.3, -0.25) is 9.62 Å². The van der Waals surface area contributed by atoms with E-state index in [0.717, 1.165) is 49.7 Å². The summed E-state index contributed by atoms with van der Waals surface area (Å²) in [5.74, 6) is 0. The molecule has 0 aliphatic carbocycles. The third-order valence-electron chi connectivity index (χ3n) is 3.60. The van der Waals surface area contributed by atoms with Gasteiger partial charge in [-0.2, -0.15) is 0 Å². The number of thiophene rings is 1. The van der Waals surface area contributed by atoms with Gasteiger partial charge in [0.05, 0.1) is 18.2 Å². The normalized spacial score (nSPS) is 16.2. The Labute approximate surface area is 155 Å². The Morgan fingerprint density at radius 2 is 1.83 bits per heavy atom. The number of rotatable bonds is 5. The minimum Gasteiger partial charge on any atom is -0.379 e. The van der Waals surface area contributed by atoms with Gasteiger partial charge in [0.2, 0.25) is 0 Å². The highest BCUT2D eigenvalue weighted by Gasteiger charge is 2.19. The van der Waals surface area contributed by atoms with E-state index in [0.29, 0.717) is 5.69 Å². The second-order valence-corrected chi connectivity index (χ2v) is 9.35. The van der Waals surface area contributed by atoms with Crippen molar-refractivity contribution in [3.05, 3.63) is 45.3 Å². The van der Waals surface area contributed by atoms with Crippen LogP contribution < -0.4 is 4.72 Å². The molecule has 1 aliphatic rings. The number of morpholine rings is 1. The van der Waals surface area contributed by atoms with Crippen molar-refractivity contribution in [2.45, 2.75) is 10.8 Å². The first kappa shape index (κ1) is 18.0. The van der Waals surface area contributed by atoms with Crippen molar-refractivity contribution in [1.82, 2.24) is 4.90 Å². The number of nitrogens with zero attached hydrogens (tertiary/aromatic N) is 1. The molecule has 9 heteroatoms. The fraction of sp³-hybridized carbons (Fsp3) is 0.333. The molecule has 130 valence electrons. The molecule has 0 atom stereocenters. The van der Waals surface area contributed by atoms with E-state index in [1.54, 1.807) is 12.1 Å². The maximum Gasteiger partial charge on any atom is 0.271 e. The highest BCUT2D eigenvalue weighted by Crippen LogP contribution is 2.35. The van der Waals surface area contributed by atoms with E-state index in [-0.39, 0.29) is 13.6 Å². The molecule has 0 spiro atoms. The zero-order chi connectivity index (χ0) is 17.2. The summed E-state index contributed by atoms with van der Waals surface area (Å²) >= 11 is 12.6. The van der Waals surface area contributed by atoms with E-state index in [1.807, 2.05) is 12.1 Å². The number of halogens is 2. The molecular formula is C15H16Cl2N2O3S2. The molecule has 0 saturated carbocycles. The van der Waals surface area contributed by atoms with Gasteiger partial charge in [0.25, 0.3) is 10.0 Å². The van der Waals surface area contributed by atoms with E-state index in [2.05, 4.69) is 9.62 Å². The molecule has 1 aromatic heterocycles. The average Bonchev–Trinajstić information content (AvgIpc) is 2.90. The van der Waals surface area contributed by atoms with Gasteiger partial charge in [-0.25, -0.2) is 8.42 Å². The van der Waals surface area contributed by atoms with Gasteiger partial charge in [-0.05, 0) is 23.8 Å². The highest BCUT2D eigenvalue weighted by atomic mass is 35.5. The molecule has 1 aromatic carbocycles. The number of sulfonamides is 1. The second kappa shape index (κ2) is 7.59. The van der Waals surface area contributed by atoms with Gasteiger partial charge in [0.15, 0.2) is 0 Å². The summed E-state index contributed by atoms with van der Waals surface area (Å²) < 4.78 is 32.9. The van der Waals surface area contributed by atoms with Crippen LogP contribution >= 0.6 is 34.5 Å². The SMILES string of the molecule is O=S(=O)(Nc1ccc(CN2CCOCC2)cc1)c1cc(Cl)c(Cl)s1. The van der Waals surface area contributed by atoms with Gasteiger partial charge in [0.1, 0.15) is 8.55 Å². The number of hydrogen-bond acceptors (Lipinski definition) is 5. The lowest BCUT2D eigenvalue weighted by atomic mass is 10.2. The Hall–Kier alpha value is -0.830. The predicted octanol–water partition coefficient (Wildman–Crippen LogP) is 3.69. The maximum absolute atomic E-state index is 12.3. The van der Waals surface area contributed by atoms with Crippen molar-refractivity contribution in [2.75, 3.05) is 31.0 Å². The molecule has 3 rings (SSSR count). The van der Waals surface area contributed by atoms with Crippen LogP contribution in [0.5, 0.6) is 0 Å². The maximum atomic E-state index is 12.3. The molecule has 1 fully saturated rings. The lowest BCUT2D eigenvalue weighted by Crippen LogP contribution is -2.35. The van der Waals surface area contributed by atoms with Crippen LogP contribution in [0.4, 0.5) is 5.69 Å². The first-order valence-corrected chi connectivity index (χ1v) is 10.4. The summed E-state index contributed by atoms with van der Waals surface area (Å²) in [6.07, 6.45) is 0. The number of benzene rings is 1. The molecule has 0 bridgehead atoms. The first-order chi connectivity index (χ1) is 11.4. The van der Waals surface area contributed by atoms with Gasteiger partial charge >= 0.3 is 0 Å². The van der Waals surface area contributed by atoms with Crippen LogP contribution in [0.3, 0.4) is 0 Å². The largest absolute Gasteiger partial charge is 0.379 e. The van der Waals surface area contributed by atoms with Crippen molar-refractivity contribution in [3.8, 4) is 0 Å². The fourth-order valence-corrected chi connectivity index (χ4v) is 5.30. The van der Waals surface area contributed by atoms with E-state index >= 15 is 0 Å². The summed E-state index contributed by atoms with van der Waals surface area (Å²) in [5.41, 5.74) is 1.63. The molecule has 2 aromatic rings. The van der Waals surface area contributed by atoms with Crippen LogP contribution in [-0.4, -0.2) is 39.6 Å². The molecule has 1 N–H and O–H groups in total. The van der Waals surface area contributed by atoms with Gasteiger partial charge in [-0.15, -0.1) is 11.3 Å². The van der Waals surface area contributed by atoms with E-state index in [9.17, 15) is 8.42 Å². The van der Waals surface area contributed by atoms with Crippen LogP contribution in [0.15, 0.2) is 34.5 Å². The molecular weight excluding hydrogens is 391 g/mol. The third-order valence-corrected chi connectivity index (χ3v) is 7.32. The van der Waals surface area contributed by atoms with E-state index in [1.165, 1.54) is 6.07 Å². The molecule has 0 amide bonds. The van der Waals surface area contributed by atoms with Crippen LogP contribution in [-0.2, 0) is 21.3 Å². The Morgan fingerprint density at radius 3 is 2.42 bits per heavy atom. The molecule has 24 heavy (non-hydrogen) atoms. The summed E-state index contributed by atoms with van der Waals surface area (Å²) in [7, 11) is -3.68. The minimum atomic E-state index is -3.68. The summed E-state index contributed by atoms with van der Waals surface area (Å²) in [6, 6.07) is 8.70. The number of anilines is 1. The lowest BCUT2D eigenvalue weighted by molar-refractivity contribution is 0.0342. The van der Waals surface area contributed by atoms with Crippen LogP contribution in [0, 0.1) is 0 Å². The number of nitrogens with one attached hydrogen (secondary N) is 1. The number of ether oxygens (including phenoxy) is 1. The quantitative estimate of drug-likeness (QED) is 0.822. The Balaban J connectivity index is 1.67. The fourth-order valence-electron chi connectivity index (χ4n) is 2.36. The Morgan fingerprint density at radius 1 is 1.17 bits per heavy atom. The van der Waals surface area contributed by atoms with E-state index in [4.69, 9.17) is 27.9 Å². The molecule has 0 radical (unpaired) electrons. The van der Waals surface area contributed by atoms with Crippen LogP contribution in [0.25, 0.3) is 0 Å². The molecule has 1 aliphatic heterocycles. The van der Waals surface area contributed by atoms with Crippen molar-refractivity contribution >= 4 is 50.2 Å². The monoisotopic (exact) mass is 406 g/mol. The average molecular weight is 407 g/mol. The van der Waals surface area contributed by atoms with E-state index < -0.39 is 10.0 Å². The van der Waals surface area contributed by atoms with Crippen LogP contribution in [0.1, 0.15) is 5.56 Å². The minimum absolute atomic E-state index is 0.0925. The summed E-state index contributed by atoms with van der Waals surface area (Å²) in [4.78, 5) is 2.30. The predicted molar refractivity (Wildman–Crippen MR) is 97.7 cm³/mol. The van der Waals surface area contributed by atoms with Gasteiger partial charge in [0, 0.05) is 25.3 Å². The lowest BCUT2D eigenvalue weighted by Gasteiger charge is -2.26. The zero-order valence-electron chi connectivity index (χ0n) is 12.7. The van der Waals surface area contributed by atoms with Crippen LogP contribution in [0.2, 0.25) is 9.36 Å². The van der Waals surface area contributed by atoms with Gasteiger partial charge < -0.3 is 4.74 Å². The summed E-state index contributed by atoms with van der Waals surface area (Å²) in [6.45, 7) is 4.16. The highest BCUT2D eigenvalue weighted by molar-refractivity contribution is 7.94. The van der Waals surface area contributed by atoms with Gasteiger partial charge in [-0.1, -0.05) is 35.3 Å². The zero-order valence-corrected chi connectivity index (χ0v) is 15.8. The smallest absolute Gasteiger partial charge is 0.271 e. The number of hydrogen-bond donors (Lipinski definition) is 1.